The van der Waals surface area contributed by atoms with Crippen molar-refractivity contribution in [2.45, 2.75) is 52.1 Å². The summed E-state index contributed by atoms with van der Waals surface area (Å²) >= 11 is 0. The maximum absolute atomic E-state index is 4.76. The second-order valence-electron chi connectivity index (χ2n) is 10.00. The van der Waals surface area contributed by atoms with Crippen molar-refractivity contribution < 1.29 is 0 Å². The van der Waals surface area contributed by atoms with Crippen LogP contribution in [0, 0.1) is 6.92 Å². The molecule has 0 aliphatic carbocycles. The zero-order valence-electron chi connectivity index (χ0n) is 19.3. The van der Waals surface area contributed by atoms with Crippen LogP contribution in [0.25, 0.3) is 39.1 Å². The summed E-state index contributed by atoms with van der Waals surface area (Å²) in [6.45, 7) is 11.0. The minimum atomic E-state index is -0.0569. The Labute approximate surface area is 189 Å². The van der Waals surface area contributed by atoms with Crippen LogP contribution in [-0.4, -0.2) is 31.0 Å². The van der Waals surface area contributed by atoms with Crippen LogP contribution in [0.4, 0.5) is 0 Å². The molecule has 32 heavy (non-hydrogen) atoms. The molecule has 5 rings (SSSR count). The van der Waals surface area contributed by atoms with Gasteiger partial charge in [-0.2, -0.15) is 0 Å². The largest absolute Gasteiger partial charge is 0.343 e. The summed E-state index contributed by atoms with van der Waals surface area (Å²) in [4.78, 5) is 17.3. The molecule has 1 aliphatic rings. The molecule has 1 aromatic carbocycles. The van der Waals surface area contributed by atoms with E-state index in [1.807, 2.05) is 31.3 Å². The normalized spacial score (nSPS) is 17.3. The van der Waals surface area contributed by atoms with Crippen molar-refractivity contribution in [2.75, 3.05) is 0 Å². The Bertz CT molecular complexity index is 1340. The number of imidazole rings is 1. The van der Waals surface area contributed by atoms with E-state index in [-0.39, 0.29) is 11.1 Å². The van der Waals surface area contributed by atoms with E-state index >= 15 is 0 Å². The molecule has 5 heteroatoms. The van der Waals surface area contributed by atoms with E-state index < -0.39 is 0 Å². The molecular formula is C27H29N5. The summed E-state index contributed by atoms with van der Waals surface area (Å²) < 4.78 is 0. The Morgan fingerprint density at radius 1 is 0.938 bits per heavy atom. The van der Waals surface area contributed by atoms with E-state index in [1.54, 1.807) is 6.33 Å². The summed E-state index contributed by atoms with van der Waals surface area (Å²) in [6.07, 6.45) is 7.03. The average Bonchev–Trinajstić information content (AvgIpc) is 3.21. The highest BCUT2D eigenvalue weighted by atomic mass is 15.0. The molecule has 0 fully saturated rings. The molecular weight excluding hydrogens is 394 g/mol. The molecule has 4 aromatic rings. The van der Waals surface area contributed by atoms with Crippen LogP contribution in [0.2, 0.25) is 0 Å². The number of aromatic nitrogens is 4. The van der Waals surface area contributed by atoms with Gasteiger partial charge in [-0.25, -0.2) is 4.98 Å². The number of aromatic amines is 1. The summed E-state index contributed by atoms with van der Waals surface area (Å²) in [5.41, 5.74) is 8.24. The van der Waals surface area contributed by atoms with Crippen LogP contribution in [0.15, 0.2) is 61.1 Å². The van der Waals surface area contributed by atoms with E-state index in [0.717, 1.165) is 45.7 Å². The fraction of sp³-hybridized carbons (Fsp3) is 0.296. The Balaban J connectivity index is 1.58. The van der Waals surface area contributed by atoms with Crippen molar-refractivity contribution >= 4 is 16.5 Å². The zero-order chi connectivity index (χ0) is 22.5. The summed E-state index contributed by atoms with van der Waals surface area (Å²) in [5.74, 6) is 0. The summed E-state index contributed by atoms with van der Waals surface area (Å²) in [5, 5.41) is 4.82. The molecule has 0 saturated carbocycles. The van der Waals surface area contributed by atoms with Gasteiger partial charge < -0.3 is 10.3 Å². The number of H-pyrrole nitrogens is 1. The standard InChI is InChI=1S/C27H29N5/c1-17-7-6-8-23(31-17)25-24(29-16-30-25)18-9-10-22-19(11-18)12-20(15-28-22)21-13-26(2,3)32-27(4,5)14-21/h6-13,15-16,32H,14H2,1-5H3,(H,29,30). The lowest BCUT2D eigenvalue weighted by Crippen LogP contribution is -2.53. The molecule has 0 amide bonds. The number of fused-ring (bicyclic) bond motifs is 1. The Kier molecular flexibility index (Phi) is 4.75. The lowest BCUT2D eigenvalue weighted by atomic mass is 9.81. The van der Waals surface area contributed by atoms with E-state index in [2.05, 4.69) is 78.3 Å². The molecule has 0 bridgehead atoms. The molecule has 0 unspecified atom stereocenters. The number of hydrogen-bond donors (Lipinski definition) is 2. The Morgan fingerprint density at radius 2 is 1.75 bits per heavy atom. The fourth-order valence-corrected chi connectivity index (χ4v) is 4.95. The van der Waals surface area contributed by atoms with Gasteiger partial charge in [0.25, 0.3) is 0 Å². The van der Waals surface area contributed by atoms with Gasteiger partial charge in [0.1, 0.15) is 0 Å². The lowest BCUT2D eigenvalue weighted by molar-refractivity contribution is 0.297. The second kappa shape index (κ2) is 7.38. The lowest BCUT2D eigenvalue weighted by Gasteiger charge is -2.41. The first kappa shape index (κ1) is 20.6. The van der Waals surface area contributed by atoms with Crippen molar-refractivity contribution in [2.24, 2.45) is 0 Å². The quantitative estimate of drug-likeness (QED) is 0.429. The van der Waals surface area contributed by atoms with E-state index in [1.165, 1.54) is 11.1 Å². The third-order valence-electron chi connectivity index (χ3n) is 5.94. The highest BCUT2D eigenvalue weighted by Gasteiger charge is 2.32. The van der Waals surface area contributed by atoms with E-state index in [4.69, 9.17) is 4.98 Å². The maximum Gasteiger partial charge on any atom is 0.0977 e. The van der Waals surface area contributed by atoms with Gasteiger partial charge >= 0.3 is 0 Å². The molecule has 162 valence electrons. The van der Waals surface area contributed by atoms with Crippen molar-refractivity contribution in [3.05, 3.63) is 72.3 Å². The second-order valence-corrected chi connectivity index (χ2v) is 10.00. The molecule has 4 heterocycles. The van der Waals surface area contributed by atoms with Crippen LogP contribution in [-0.2, 0) is 0 Å². The minimum Gasteiger partial charge on any atom is -0.343 e. The molecule has 0 atom stereocenters. The predicted octanol–water partition coefficient (Wildman–Crippen LogP) is 5.93. The molecule has 1 aliphatic heterocycles. The highest BCUT2D eigenvalue weighted by Crippen LogP contribution is 2.35. The monoisotopic (exact) mass is 423 g/mol. The van der Waals surface area contributed by atoms with Gasteiger partial charge in [-0.05, 0) is 82.5 Å². The van der Waals surface area contributed by atoms with Gasteiger partial charge in [0.15, 0.2) is 0 Å². The summed E-state index contributed by atoms with van der Waals surface area (Å²) in [6, 6.07) is 14.6. The van der Waals surface area contributed by atoms with Gasteiger partial charge in [0.05, 0.1) is 28.9 Å². The molecule has 3 aromatic heterocycles. The zero-order valence-corrected chi connectivity index (χ0v) is 19.3. The number of benzene rings is 1. The molecule has 2 N–H and O–H groups in total. The molecule has 5 nitrogen and oxygen atoms in total. The van der Waals surface area contributed by atoms with Crippen molar-refractivity contribution in [1.82, 2.24) is 25.3 Å². The van der Waals surface area contributed by atoms with Crippen molar-refractivity contribution in [1.29, 1.82) is 0 Å². The van der Waals surface area contributed by atoms with E-state index in [9.17, 15) is 0 Å². The smallest absolute Gasteiger partial charge is 0.0977 e. The number of nitrogens with zero attached hydrogens (tertiary/aromatic N) is 3. The maximum atomic E-state index is 4.76. The topological polar surface area (TPSA) is 66.5 Å². The van der Waals surface area contributed by atoms with Crippen LogP contribution < -0.4 is 5.32 Å². The Morgan fingerprint density at radius 3 is 2.53 bits per heavy atom. The third-order valence-corrected chi connectivity index (χ3v) is 5.94. The molecule has 0 spiro atoms. The average molecular weight is 424 g/mol. The first-order valence-electron chi connectivity index (χ1n) is 11.1. The Hall–Kier alpha value is -3.31. The fourth-order valence-electron chi connectivity index (χ4n) is 4.95. The van der Waals surface area contributed by atoms with Crippen LogP contribution >= 0.6 is 0 Å². The van der Waals surface area contributed by atoms with Crippen LogP contribution in [0.3, 0.4) is 0 Å². The summed E-state index contributed by atoms with van der Waals surface area (Å²) in [7, 11) is 0. The minimum absolute atomic E-state index is 0.0369. The van der Waals surface area contributed by atoms with Gasteiger partial charge in [0.2, 0.25) is 0 Å². The molecule has 0 saturated heterocycles. The number of hydrogen-bond acceptors (Lipinski definition) is 4. The number of aryl methyl sites for hydroxylation is 1. The highest BCUT2D eigenvalue weighted by molar-refractivity contribution is 5.89. The number of pyridine rings is 2. The van der Waals surface area contributed by atoms with Crippen molar-refractivity contribution in [3.63, 3.8) is 0 Å². The van der Waals surface area contributed by atoms with Gasteiger partial charge in [-0.15, -0.1) is 0 Å². The first-order valence-corrected chi connectivity index (χ1v) is 11.1. The van der Waals surface area contributed by atoms with Crippen LogP contribution in [0.5, 0.6) is 0 Å². The number of rotatable bonds is 3. The predicted molar refractivity (Wildman–Crippen MR) is 131 cm³/mol. The molecule has 0 radical (unpaired) electrons. The first-order chi connectivity index (χ1) is 15.2. The van der Waals surface area contributed by atoms with Crippen molar-refractivity contribution in [3.8, 4) is 22.6 Å². The van der Waals surface area contributed by atoms with Gasteiger partial charge in [0, 0.05) is 33.9 Å². The van der Waals surface area contributed by atoms with Gasteiger partial charge in [-0.3, -0.25) is 9.97 Å². The van der Waals surface area contributed by atoms with E-state index in [0.29, 0.717) is 0 Å². The number of nitrogens with one attached hydrogen (secondary N) is 2. The van der Waals surface area contributed by atoms with Crippen LogP contribution in [0.1, 0.15) is 45.4 Å². The van der Waals surface area contributed by atoms with Gasteiger partial charge in [-0.1, -0.05) is 18.2 Å². The SMILES string of the molecule is Cc1cccc(-c2[nH]cnc2-c2ccc3ncc(C4=CC(C)(C)NC(C)(C)C4)cc3c2)n1. The third kappa shape index (κ3) is 3.96.